The molecule has 0 bridgehead atoms. The van der Waals surface area contributed by atoms with Crippen molar-refractivity contribution in [2.45, 2.75) is 40.0 Å². The number of likely N-dealkylation sites (N-methyl/N-ethyl adjacent to an activating group) is 1. The average Bonchev–Trinajstić information content (AvgIpc) is 3.04. The molecule has 0 unspecified atom stereocenters. The van der Waals surface area contributed by atoms with Crippen LogP contribution in [0.5, 0.6) is 0 Å². The summed E-state index contributed by atoms with van der Waals surface area (Å²) in [6, 6.07) is 0. The molecule has 150 valence electrons. The van der Waals surface area contributed by atoms with Crippen molar-refractivity contribution < 1.29 is 14.1 Å². The fourth-order valence-electron chi connectivity index (χ4n) is 3.90. The summed E-state index contributed by atoms with van der Waals surface area (Å²) >= 11 is 0. The summed E-state index contributed by atoms with van der Waals surface area (Å²) in [5, 5.41) is 4.14. The van der Waals surface area contributed by atoms with Gasteiger partial charge in [-0.05, 0) is 24.2 Å². The largest absolute Gasteiger partial charge is 0.360 e. The van der Waals surface area contributed by atoms with Gasteiger partial charge in [0.1, 0.15) is 5.76 Å². The van der Waals surface area contributed by atoms with Crippen molar-refractivity contribution in [2.24, 2.45) is 11.3 Å². The zero-order valence-corrected chi connectivity index (χ0v) is 17.2. The highest BCUT2D eigenvalue weighted by atomic mass is 16.5. The van der Waals surface area contributed by atoms with Gasteiger partial charge in [-0.1, -0.05) is 25.9 Å². The molecule has 0 aromatic carbocycles. The van der Waals surface area contributed by atoms with E-state index in [2.05, 4.69) is 30.8 Å². The van der Waals surface area contributed by atoms with Gasteiger partial charge in [-0.15, -0.1) is 0 Å². The number of fused-ring (bicyclic) bond motifs is 1. The molecular weight excluding hydrogens is 344 g/mol. The van der Waals surface area contributed by atoms with Gasteiger partial charge in [0.15, 0.2) is 5.69 Å². The Balaban J connectivity index is 1.63. The highest BCUT2D eigenvalue weighted by Gasteiger charge is 2.35. The first kappa shape index (κ1) is 19.9. The maximum atomic E-state index is 13.0. The van der Waals surface area contributed by atoms with Crippen molar-refractivity contribution in [1.82, 2.24) is 19.9 Å². The summed E-state index contributed by atoms with van der Waals surface area (Å²) in [7, 11) is 3.53. The van der Waals surface area contributed by atoms with Crippen LogP contribution in [0, 0.1) is 11.3 Å². The minimum atomic E-state index is -0.0341. The molecule has 3 rings (SSSR count). The number of hydrogen-bond donors (Lipinski definition) is 0. The van der Waals surface area contributed by atoms with Crippen LogP contribution in [-0.2, 0) is 17.6 Å². The van der Waals surface area contributed by atoms with Crippen molar-refractivity contribution in [3.05, 3.63) is 17.0 Å². The van der Waals surface area contributed by atoms with Crippen LogP contribution >= 0.6 is 0 Å². The molecule has 1 atom stereocenters. The molecular formula is C20H32N4O3. The molecule has 1 aromatic rings. The van der Waals surface area contributed by atoms with Gasteiger partial charge in [0.05, 0.1) is 6.54 Å². The van der Waals surface area contributed by atoms with E-state index in [4.69, 9.17) is 4.52 Å². The predicted octanol–water partition coefficient (Wildman–Crippen LogP) is 1.67. The van der Waals surface area contributed by atoms with Crippen LogP contribution in [0.1, 0.15) is 49.0 Å². The first-order chi connectivity index (χ1) is 12.7. The molecule has 0 N–H and O–H groups in total. The lowest BCUT2D eigenvalue weighted by atomic mass is 9.71. The highest BCUT2D eigenvalue weighted by Crippen LogP contribution is 2.38. The monoisotopic (exact) mass is 376 g/mol. The second-order valence-corrected chi connectivity index (χ2v) is 9.10. The quantitative estimate of drug-likeness (QED) is 0.803. The topological polar surface area (TPSA) is 69.9 Å². The van der Waals surface area contributed by atoms with Gasteiger partial charge in [0.25, 0.3) is 5.91 Å². The first-order valence-electron chi connectivity index (χ1n) is 9.86. The van der Waals surface area contributed by atoms with E-state index in [0.29, 0.717) is 44.3 Å². The standard InChI is InChI=1S/C20H32N4O3/c1-20(2,3)14-6-7-16-15(12-14)18(21-27-16)19(26)24-10-8-23(9-11-24)13-17(25)22(4)5/h14H,6-13H2,1-5H3/t14-/m0/s1. The van der Waals surface area contributed by atoms with Crippen LogP contribution < -0.4 is 0 Å². The minimum absolute atomic E-state index is 0.0341. The number of aromatic nitrogens is 1. The fourth-order valence-corrected chi connectivity index (χ4v) is 3.90. The molecule has 1 fully saturated rings. The number of hydrogen-bond acceptors (Lipinski definition) is 5. The van der Waals surface area contributed by atoms with Crippen LogP contribution in [0.15, 0.2) is 4.52 Å². The molecule has 2 heterocycles. The Morgan fingerprint density at radius 2 is 1.85 bits per heavy atom. The van der Waals surface area contributed by atoms with E-state index in [1.165, 1.54) is 0 Å². The molecule has 1 aliphatic carbocycles. The Morgan fingerprint density at radius 3 is 2.44 bits per heavy atom. The number of carbonyl (C=O) groups excluding carboxylic acids is 2. The van der Waals surface area contributed by atoms with Gasteiger partial charge in [0, 0.05) is 52.3 Å². The Bertz CT molecular complexity index is 697. The van der Waals surface area contributed by atoms with Gasteiger partial charge in [-0.3, -0.25) is 14.5 Å². The van der Waals surface area contributed by atoms with Crippen LogP contribution in [0.4, 0.5) is 0 Å². The SMILES string of the molecule is CN(C)C(=O)CN1CCN(C(=O)c2noc3c2C[C@@H](C(C)(C)C)CC3)CC1. The van der Waals surface area contributed by atoms with Crippen molar-refractivity contribution in [3.63, 3.8) is 0 Å². The zero-order chi connectivity index (χ0) is 19.8. The Hall–Kier alpha value is -1.89. The Morgan fingerprint density at radius 1 is 1.19 bits per heavy atom. The number of piperazine rings is 1. The van der Waals surface area contributed by atoms with Crippen molar-refractivity contribution in [1.29, 1.82) is 0 Å². The Kier molecular flexibility index (Phi) is 5.60. The number of rotatable bonds is 3. The van der Waals surface area contributed by atoms with Gasteiger partial charge in [-0.25, -0.2) is 0 Å². The molecule has 0 saturated carbocycles. The van der Waals surface area contributed by atoms with Crippen molar-refractivity contribution in [2.75, 3.05) is 46.8 Å². The molecule has 2 amide bonds. The highest BCUT2D eigenvalue weighted by molar-refractivity contribution is 5.94. The van der Waals surface area contributed by atoms with E-state index in [9.17, 15) is 9.59 Å². The smallest absolute Gasteiger partial charge is 0.276 e. The van der Waals surface area contributed by atoms with Gasteiger partial charge in [0.2, 0.25) is 5.91 Å². The first-order valence-corrected chi connectivity index (χ1v) is 9.86. The lowest BCUT2D eigenvalue weighted by molar-refractivity contribution is -0.130. The second kappa shape index (κ2) is 7.62. The maximum absolute atomic E-state index is 13.0. The third-order valence-corrected chi connectivity index (χ3v) is 5.98. The summed E-state index contributed by atoms with van der Waals surface area (Å²) in [5.41, 5.74) is 1.72. The third-order valence-electron chi connectivity index (χ3n) is 5.98. The number of nitrogens with zero attached hydrogens (tertiary/aromatic N) is 4. The van der Waals surface area contributed by atoms with Crippen LogP contribution in [-0.4, -0.2) is 78.5 Å². The molecule has 7 nitrogen and oxygen atoms in total. The number of amides is 2. The normalized spacial score (nSPS) is 21.1. The van der Waals surface area contributed by atoms with E-state index in [1.807, 2.05) is 4.90 Å². The van der Waals surface area contributed by atoms with Crippen molar-refractivity contribution >= 4 is 11.8 Å². The van der Waals surface area contributed by atoms with E-state index in [1.54, 1.807) is 19.0 Å². The fraction of sp³-hybridized carbons (Fsp3) is 0.750. The van der Waals surface area contributed by atoms with Crippen LogP contribution in [0.25, 0.3) is 0 Å². The summed E-state index contributed by atoms with van der Waals surface area (Å²) in [6.07, 6.45) is 2.80. The lowest BCUT2D eigenvalue weighted by Gasteiger charge is -2.35. The molecule has 27 heavy (non-hydrogen) atoms. The average molecular weight is 377 g/mol. The molecule has 0 spiro atoms. The summed E-state index contributed by atoms with van der Waals surface area (Å²) < 4.78 is 5.50. The van der Waals surface area contributed by atoms with Crippen LogP contribution in [0.3, 0.4) is 0 Å². The number of aryl methyl sites for hydroxylation is 1. The molecule has 2 aliphatic rings. The predicted molar refractivity (Wildman–Crippen MR) is 103 cm³/mol. The third kappa shape index (κ3) is 4.34. The van der Waals surface area contributed by atoms with Crippen molar-refractivity contribution in [3.8, 4) is 0 Å². The summed E-state index contributed by atoms with van der Waals surface area (Å²) in [6.45, 7) is 9.81. The minimum Gasteiger partial charge on any atom is -0.360 e. The second-order valence-electron chi connectivity index (χ2n) is 9.10. The molecule has 7 heteroatoms. The lowest BCUT2D eigenvalue weighted by Crippen LogP contribution is -2.51. The van der Waals surface area contributed by atoms with Crippen LogP contribution in [0.2, 0.25) is 0 Å². The van der Waals surface area contributed by atoms with Gasteiger partial charge >= 0.3 is 0 Å². The van der Waals surface area contributed by atoms with Gasteiger partial charge < -0.3 is 14.3 Å². The summed E-state index contributed by atoms with van der Waals surface area (Å²) in [5.74, 6) is 1.47. The Labute approximate surface area is 161 Å². The maximum Gasteiger partial charge on any atom is 0.276 e. The molecule has 0 radical (unpaired) electrons. The molecule has 1 aromatic heterocycles. The molecule has 1 saturated heterocycles. The number of carbonyl (C=O) groups is 2. The zero-order valence-electron chi connectivity index (χ0n) is 17.2. The van der Waals surface area contributed by atoms with E-state index < -0.39 is 0 Å². The molecule has 1 aliphatic heterocycles. The van der Waals surface area contributed by atoms with Gasteiger partial charge in [-0.2, -0.15) is 0 Å². The van der Waals surface area contributed by atoms with E-state index in [-0.39, 0.29) is 17.2 Å². The summed E-state index contributed by atoms with van der Waals surface area (Å²) in [4.78, 5) is 30.4. The van der Waals surface area contributed by atoms with E-state index in [0.717, 1.165) is 30.6 Å². The van der Waals surface area contributed by atoms with E-state index >= 15 is 0 Å².